The van der Waals surface area contributed by atoms with E-state index >= 15 is 0 Å². The van der Waals surface area contributed by atoms with Gasteiger partial charge in [0.25, 0.3) is 0 Å². The van der Waals surface area contributed by atoms with E-state index in [2.05, 4.69) is 39.5 Å². The van der Waals surface area contributed by atoms with Crippen molar-refractivity contribution in [2.45, 2.75) is 25.8 Å². The smallest absolute Gasteiger partial charge is 0.0991 e. The van der Waals surface area contributed by atoms with Crippen molar-refractivity contribution < 1.29 is 0 Å². The molecule has 1 aliphatic rings. The molecule has 0 bridgehead atoms. The van der Waals surface area contributed by atoms with Gasteiger partial charge in [-0.1, -0.05) is 12.1 Å². The molecule has 4 heteroatoms. The number of imidazole rings is 1. The number of rotatable bonds is 6. The van der Waals surface area contributed by atoms with Gasteiger partial charge in [0.05, 0.1) is 6.33 Å². The Bertz CT molecular complexity index is 539. The van der Waals surface area contributed by atoms with E-state index in [4.69, 9.17) is 0 Å². The Hall–Kier alpha value is -1.65. The Kier molecular flexibility index (Phi) is 5.24. The average Bonchev–Trinajstić information content (AvgIpc) is 3.09. The van der Waals surface area contributed by atoms with E-state index in [0.29, 0.717) is 0 Å². The number of piperidine rings is 1. The van der Waals surface area contributed by atoms with Crippen LogP contribution in [0.4, 0.5) is 0 Å². The van der Waals surface area contributed by atoms with Crippen molar-refractivity contribution in [3.8, 4) is 5.69 Å². The van der Waals surface area contributed by atoms with E-state index < -0.39 is 0 Å². The summed E-state index contributed by atoms with van der Waals surface area (Å²) in [6.07, 6.45) is 9.63. The summed E-state index contributed by atoms with van der Waals surface area (Å²) < 4.78 is 2.04. The molecule has 1 fully saturated rings. The fraction of sp³-hybridized carbons (Fsp3) is 0.500. The third-order valence-electron chi connectivity index (χ3n) is 4.65. The summed E-state index contributed by atoms with van der Waals surface area (Å²) >= 11 is 0. The lowest BCUT2D eigenvalue weighted by molar-refractivity contribution is 0.172. The molecule has 0 spiro atoms. The third-order valence-corrected chi connectivity index (χ3v) is 4.65. The van der Waals surface area contributed by atoms with Crippen LogP contribution in [0.3, 0.4) is 0 Å². The van der Waals surface area contributed by atoms with Gasteiger partial charge in [-0.15, -0.1) is 0 Å². The molecular weight excluding hydrogens is 272 g/mol. The maximum atomic E-state index is 4.09. The summed E-state index contributed by atoms with van der Waals surface area (Å²) in [4.78, 5) is 6.68. The number of benzene rings is 1. The van der Waals surface area contributed by atoms with E-state index in [1.165, 1.54) is 43.6 Å². The molecule has 1 saturated heterocycles. The van der Waals surface area contributed by atoms with Gasteiger partial charge in [0.15, 0.2) is 0 Å². The second kappa shape index (κ2) is 7.56. The highest BCUT2D eigenvalue weighted by Gasteiger charge is 2.18. The molecule has 0 aliphatic carbocycles. The number of nitrogens with one attached hydrogen (secondary N) is 1. The maximum Gasteiger partial charge on any atom is 0.0991 e. The maximum absolute atomic E-state index is 4.09. The van der Waals surface area contributed by atoms with Gasteiger partial charge in [0.2, 0.25) is 0 Å². The number of aromatic nitrogens is 2. The van der Waals surface area contributed by atoms with Crippen molar-refractivity contribution in [2.24, 2.45) is 5.92 Å². The van der Waals surface area contributed by atoms with E-state index in [-0.39, 0.29) is 0 Å². The van der Waals surface area contributed by atoms with Crippen LogP contribution in [0, 0.1) is 5.92 Å². The zero-order chi connectivity index (χ0) is 15.2. The second-order valence-electron chi connectivity index (χ2n) is 6.25. The molecule has 3 rings (SSSR count). The standard InChI is InChI=1S/C18H26N4/c1-19-9-6-16-7-11-21(12-8-16)14-17-2-4-18(5-3-17)22-13-10-20-15-22/h2-5,10,13,15-16,19H,6-9,11-12,14H2,1H3. The minimum Gasteiger partial charge on any atom is -0.320 e. The molecule has 22 heavy (non-hydrogen) atoms. The van der Waals surface area contributed by atoms with Crippen LogP contribution in [0.15, 0.2) is 43.0 Å². The van der Waals surface area contributed by atoms with Crippen molar-refractivity contribution in [1.82, 2.24) is 19.8 Å². The van der Waals surface area contributed by atoms with Crippen LogP contribution in [0.1, 0.15) is 24.8 Å². The third kappa shape index (κ3) is 3.96. The zero-order valence-corrected chi connectivity index (χ0v) is 13.4. The average molecular weight is 298 g/mol. The Labute approximate surface area is 133 Å². The molecule has 0 saturated carbocycles. The minimum atomic E-state index is 0.910. The molecule has 1 aromatic carbocycles. The van der Waals surface area contributed by atoms with Crippen LogP contribution in [0.25, 0.3) is 5.69 Å². The van der Waals surface area contributed by atoms with E-state index in [1.807, 2.05) is 30.3 Å². The van der Waals surface area contributed by atoms with E-state index in [0.717, 1.165) is 19.0 Å². The molecule has 0 atom stereocenters. The molecule has 0 amide bonds. The first-order valence-electron chi connectivity index (χ1n) is 8.29. The van der Waals surface area contributed by atoms with Gasteiger partial charge in [-0.3, -0.25) is 4.90 Å². The topological polar surface area (TPSA) is 33.1 Å². The lowest BCUT2D eigenvalue weighted by Gasteiger charge is -2.32. The van der Waals surface area contributed by atoms with Gasteiger partial charge >= 0.3 is 0 Å². The highest BCUT2D eigenvalue weighted by Crippen LogP contribution is 2.21. The Morgan fingerprint density at radius 2 is 1.95 bits per heavy atom. The van der Waals surface area contributed by atoms with Crippen LogP contribution >= 0.6 is 0 Å². The molecule has 2 heterocycles. The largest absolute Gasteiger partial charge is 0.320 e. The van der Waals surface area contributed by atoms with Crippen molar-refractivity contribution in [3.05, 3.63) is 48.5 Å². The summed E-state index contributed by atoms with van der Waals surface area (Å²) in [6.45, 7) is 4.69. The molecule has 4 nitrogen and oxygen atoms in total. The first-order valence-corrected chi connectivity index (χ1v) is 8.29. The molecule has 0 radical (unpaired) electrons. The van der Waals surface area contributed by atoms with Gasteiger partial charge in [0.1, 0.15) is 0 Å². The monoisotopic (exact) mass is 298 g/mol. The predicted octanol–water partition coefficient (Wildman–Crippen LogP) is 2.69. The van der Waals surface area contributed by atoms with Crippen molar-refractivity contribution >= 4 is 0 Å². The van der Waals surface area contributed by atoms with Gasteiger partial charge in [-0.05, 0) is 69.6 Å². The van der Waals surface area contributed by atoms with Crippen molar-refractivity contribution in [3.63, 3.8) is 0 Å². The Morgan fingerprint density at radius 3 is 2.59 bits per heavy atom. The van der Waals surface area contributed by atoms with Gasteiger partial charge in [-0.2, -0.15) is 0 Å². The lowest BCUT2D eigenvalue weighted by atomic mass is 9.93. The van der Waals surface area contributed by atoms with Crippen LogP contribution in [0.5, 0.6) is 0 Å². The van der Waals surface area contributed by atoms with E-state index in [9.17, 15) is 0 Å². The normalized spacial score (nSPS) is 17.0. The quantitative estimate of drug-likeness (QED) is 0.890. The number of nitrogens with zero attached hydrogens (tertiary/aromatic N) is 3. The molecule has 118 valence electrons. The Balaban J connectivity index is 1.50. The van der Waals surface area contributed by atoms with Crippen molar-refractivity contribution in [1.29, 1.82) is 0 Å². The lowest BCUT2D eigenvalue weighted by Crippen LogP contribution is -2.34. The fourth-order valence-electron chi connectivity index (χ4n) is 3.23. The van der Waals surface area contributed by atoms with E-state index in [1.54, 1.807) is 0 Å². The highest BCUT2D eigenvalue weighted by atomic mass is 15.1. The summed E-state index contributed by atoms with van der Waals surface area (Å²) in [5, 5.41) is 3.26. The number of hydrogen-bond donors (Lipinski definition) is 1. The van der Waals surface area contributed by atoms with Crippen LogP contribution in [-0.2, 0) is 6.54 Å². The summed E-state index contributed by atoms with van der Waals surface area (Å²) in [5.74, 6) is 0.910. The first-order chi connectivity index (χ1) is 10.8. The Morgan fingerprint density at radius 1 is 1.18 bits per heavy atom. The molecule has 2 aromatic rings. The van der Waals surface area contributed by atoms with Crippen molar-refractivity contribution in [2.75, 3.05) is 26.7 Å². The predicted molar refractivity (Wildman–Crippen MR) is 90.1 cm³/mol. The van der Waals surface area contributed by atoms with Crippen LogP contribution in [-0.4, -0.2) is 41.1 Å². The van der Waals surface area contributed by atoms with Gasteiger partial charge in [0, 0.05) is 24.6 Å². The molecule has 1 aliphatic heterocycles. The first kappa shape index (κ1) is 15.3. The van der Waals surface area contributed by atoms with Gasteiger partial charge < -0.3 is 9.88 Å². The van der Waals surface area contributed by atoms with Crippen LogP contribution < -0.4 is 5.32 Å². The van der Waals surface area contributed by atoms with Crippen LogP contribution in [0.2, 0.25) is 0 Å². The molecule has 0 unspecified atom stereocenters. The second-order valence-corrected chi connectivity index (χ2v) is 6.25. The molecule has 1 aromatic heterocycles. The number of hydrogen-bond acceptors (Lipinski definition) is 3. The van der Waals surface area contributed by atoms with Gasteiger partial charge in [-0.25, -0.2) is 4.98 Å². The number of likely N-dealkylation sites (tertiary alicyclic amines) is 1. The summed E-state index contributed by atoms with van der Waals surface area (Å²) in [5.41, 5.74) is 2.57. The highest BCUT2D eigenvalue weighted by molar-refractivity contribution is 5.34. The molecule has 1 N–H and O–H groups in total. The fourth-order valence-corrected chi connectivity index (χ4v) is 3.23. The molecular formula is C18H26N4. The summed E-state index contributed by atoms with van der Waals surface area (Å²) in [6, 6.07) is 8.83. The minimum absolute atomic E-state index is 0.910. The SMILES string of the molecule is CNCCC1CCN(Cc2ccc(-n3ccnc3)cc2)CC1. The zero-order valence-electron chi connectivity index (χ0n) is 13.4. The summed E-state index contributed by atoms with van der Waals surface area (Å²) in [7, 11) is 2.04.